The number of carbonyl (C=O) groups is 2. The van der Waals surface area contributed by atoms with Crippen molar-refractivity contribution >= 4 is 40.5 Å². The van der Waals surface area contributed by atoms with Crippen molar-refractivity contribution < 1.29 is 24.8 Å². The zero-order valence-corrected chi connectivity index (χ0v) is 18.4. The Kier molecular flexibility index (Phi) is 5.08. The number of ether oxygens (including phenoxy) is 1. The van der Waals surface area contributed by atoms with E-state index in [1.807, 2.05) is 29.2 Å². The van der Waals surface area contributed by atoms with E-state index in [0.29, 0.717) is 29.9 Å². The van der Waals surface area contributed by atoms with Crippen molar-refractivity contribution in [1.82, 2.24) is 0 Å². The van der Waals surface area contributed by atoms with Crippen LogP contribution in [0.5, 0.6) is 0 Å². The summed E-state index contributed by atoms with van der Waals surface area (Å²) in [5.41, 5.74) is 1.20. The van der Waals surface area contributed by atoms with Crippen LogP contribution >= 0.6 is 0 Å². The first-order valence-corrected chi connectivity index (χ1v) is 11.0. The Morgan fingerprint density at radius 1 is 1.24 bits per heavy atom. The van der Waals surface area contributed by atoms with Crippen molar-refractivity contribution in [1.29, 1.82) is 0 Å². The van der Waals surface area contributed by atoms with Gasteiger partial charge in [-0.1, -0.05) is 12.1 Å². The number of hydrazone groups is 1. The Hall–Kier alpha value is -3.47. The van der Waals surface area contributed by atoms with Crippen molar-refractivity contribution in [3.63, 3.8) is 0 Å². The molecule has 2 heterocycles. The van der Waals surface area contributed by atoms with Crippen molar-refractivity contribution in [2.24, 2.45) is 11.0 Å². The standard InChI is InChI=1S/C23H25N5O5/c1-3-33-22(30)20-24-27(15-10-12-16(13-11-15)28(31)32)23-14-6-7-17(23)21(29)25(2)18-8-4-5-9-19(18)26(20)23/h4-5,8-13,17,28,31H,3,6-7,14H2,1-2H3/t17-,23-/m1/s1. The summed E-state index contributed by atoms with van der Waals surface area (Å²) in [7, 11) is 1.75. The summed E-state index contributed by atoms with van der Waals surface area (Å²) in [5.74, 6) is -0.958. The van der Waals surface area contributed by atoms with Gasteiger partial charge in [-0.05, 0) is 50.5 Å². The number of amidine groups is 1. The van der Waals surface area contributed by atoms with E-state index in [9.17, 15) is 20.0 Å². The summed E-state index contributed by atoms with van der Waals surface area (Å²) < 4.78 is 5.35. The van der Waals surface area contributed by atoms with Crippen LogP contribution in [0.2, 0.25) is 0 Å². The molecule has 2 aromatic carbocycles. The third-order valence-electron chi connectivity index (χ3n) is 6.69. The molecule has 33 heavy (non-hydrogen) atoms. The lowest BCUT2D eigenvalue weighted by Gasteiger charge is -2.43. The molecule has 5 rings (SSSR count). The molecule has 1 amide bonds. The molecule has 0 bridgehead atoms. The number of anilines is 3. The maximum absolute atomic E-state index is 13.7. The van der Waals surface area contributed by atoms with Crippen LogP contribution in [-0.4, -0.2) is 42.2 Å². The highest BCUT2D eigenvalue weighted by Crippen LogP contribution is 2.54. The number of amides is 1. The molecule has 1 spiro atoms. The molecule has 10 nitrogen and oxygen atoms in total. The molecule has 2 aromatic rings. The molecule has 10 heteroatoms. The van der Waals surface area contributed by atoms with Crippen LogP contribution < -0.4 is 20.0 Å². The molecule has 2 N–H and O–H groups in total. The number of hydrogen-bond acceptors (Lipinski definition) is 8. The highest BCUT2D eigenvalue weighted by molar-refractivity contribution is 6.43. The molecule has 172 valence electrons. The first-order chi connectivity index (χ1) is 15.9. The summed E-state index contributed by atoms with van der Waals surface area (Å²) in [6.45, 7) is 1.92. The zero-order chi connectivity index (χ0) is 23.3. The Morgan fingerprint density at radius 3 is 2.61 bits per heavy atom. The summed E-state index contributed by atoms with van der Waals surface area (Å²) in [6, 6.07) is 13.8. The molecule has 0 aromatic heterocycles. The minimum atomic E-state index is -1.03. The van der Waals surface area contributed by atoms with Crippen molar-refractivity contribution in [2.45, 2.75) is 31.8 Å². The quantitative estimate of drug-likeness (QED) is 0.538. The van der Waals surface area contributed by atoms with Crippen LogP contribution in [0, 0.1) is 11.1 Å². The number of para-hydroxylation sites is 2. The van der Waals surface area contributed by atoms with Crippen LogP contribution in [-0.2, 0) is 14.3 Å². The van der Waals surface area contributed by atoms with Gasteiger partial charge in [0.1, 0.15) is 0 Å². The maximum Gasteiger partial charge on any atom is 0.376 e. The molecule has 1 aliphatic carbocycles. The Labute approximate surface area is 190 Å². The predicted molar refractivity (Wildman–Crippen MR) is 121 cm³/mol. The Morgan fingerprint density at radius 2 is 1.94 bits per heavy atom. The number of benzene rings is 2. The Balaban J connectivity index is 1.74. The fourth-order valence-corrected chi connectivity index (χ4v) is 5.28. The maximum atomic E-state index is 13.7. The van der Waals surface area contributed by atoms with E-state index in [2.05, 4.69) is 0 Å². The van der Waals surface area contributed by atoms with Gasteiger partial charge in [0.25, 0.3) is 0 Å². The van der Waals surface area contributed by atoms with Gasteiger partial charge in [0, 0.05) is 19.2 Å². The number of nitrogens with zero attached hydrogens (tertiary/aromatic N) is 4. The third kappa shape index (κ3) is 3.02. The van der Waals surface area contributed by atoms with E-state index < -0.39 is 22.8 Å². The van der Waals surface area contributed by atoms with E-state index in [1.165, 1.54) is 12.1 Å². The first kappa shape index (κ1) is 21.4. The van der Waals surface area contributed by atoms with Gasteiger partial charge < -0.3 is 14.8 Å². The van der Waals surface area contributed by atoms with Crippen LogP contribution in [0.4, 0.5) is 22.7 Å². The predicted octanol–water partition coefficient (Wildman–Crippen LogP) is 1.77. The Bertz CT molecular complexity index is 1130. The lowest BCUT2D eigenvalue weighted by molar-refractivity contribution is -0.991. The lowest BCUT2D eigenvalue weighted by Crippen LogP contribution is -2.99. The van der Waals surface area contributed by atoms with Crippen molar-refractivity contribution in [3.8, 4) is 0 Å². The SMILES string of the molecule is CCOC(=O)C1=NN(c2ccc([NH+]([O-])O)cc2)[C@]23CCC[C@@H]2C(=O)N(C)c2ccccc2N13. The van der Waals surface area contributed by atoms with Crippen LogP contribution in [0.15, 0.2) is 53.6 Å². The van der Waals surface area contributed by atoms with E-state index in [0.717, 1.165) is 6.42 Å². The molecule has 0 saturated heterocycles. The van der Waals surface area contributed by atoms with Gasteiger partial charge in [0.15, 0.2) is 11.4 Å². The molecule has 3 atom stereocenters. The van der Waals surface area contributed by atoms with Crippen LogP contribution in [0.3, 0.4) is 0 Å². The van der Waals surface area contributed by atoms with E-state index >= 15 is 0 Å². The minimum absolute atomic E-state index is 0.0464. The molecule has 3 aliphatic rings. The number of hydrogen-bond donors (Lipinski definition) is 2. The van der Waals surface area contributed by atoms with Gasteiger partial charge in [-0.2, -0.15) is 5.23 Å². The highest BCUT2D eigenvalue weighted by atomic mass is 16.8. The summed E-state index contributed by atoms with van der Waals surface area (Å²) >= 11 is 0. The molecule has 1 saturated carbocycles. The van der Waals surface area contributed by atoms with E-state index in [1.54, 1.807) is 36.0 Å². The van der Waals surface area contributed by atoms with E-state index in [4.69, 9.17) is 9.84 Å². The monoisotopic (exact) mass is 451 g/mol. The average Bonchev–Trinajstić information content (AvgIpc) is 3.39. The smallest absolute Gasteiger partial charge is 0.376 e. The topological polar surface area (TPSA) is 113 Å². The second-order valence-electron chi connectivity index (χ2n) is 8.35. The highest BCUT2D eigenvalue weighted by Gasteiger charge is 2.63. The molecule has 2 aliphatic heterocycles. The molecule has 1 unspecified atom stereocenters. The number of esters is 1. The van der Waals surface area contributed by atoms with Gasteiger partial charge in [0.2, 0.25) is 11.7 Å². The summed E-state index contributed by atoms with van der Waals surface area (Å²) in [6.07, 6.45) is 2.01. The van der Waals surface area contributed by atoms with Crippen LogP contribution in [0.25, 0.3) is 0 Å². The number of nitrogens with one attached hydrogen (secondary N) is 1. The van der Waals surface area contributed by atoms with Gasteiger partial charge in [-0.25, -0.2) is 15.0 Å². The minimum Gasteiger partial charge on any atom is -0.595 e. The normalized spacial score (nSPS) is 24.6. The largest absolute Gasteiger partial charge is 0.595 e. The van der Waals surface area contributed by atoms with E-state index in [-0.39, 0.29) is 24.0 Å². The third-order valence-corrected chi connectivity index (χ3v) is 6.69. The lowest BCUT2D eigenvalue weighted by atomic mass is 9.92. The van der Waals surface area contributed by atoms with Gasteiger partial charge in [-0.3, -0.25) is 9.69 Å². The molecular formula is C23H25N5O5. The van der Waals surface area contributed by atoms with Crippen molar-refractivity contribution in [3.05, 3.63) is 53.7 Å². The number of fused-ring (bicyclic) bond motifs is 2. The van der Waals surface area contributed by atoms with Crippen LogP contribution in [0.1, 0.15) is 26.2 Å². The zero-order valence-electron chi connectivity index (χ0n) is 18.4. The molecule has 0 radical (unpaired) electrons. The number of quaternary nitrogens is 1. The number of carbonyl (C=O) groups excluding carboxylic acids is 2. The van der Waals surface area contributed by atoms with Crippen molar-refractivity contribution in [2.75, 3.05) is 28.5 Å². The fraction of sp³-hybridized carbons (Fsp3) is 0.348. The van der Waals surface area contributed by atoms with Gasteiger partial charge in [-0.15, -0.1) is 5.10 Å². The second kappa shape index (κ2) is 7.84. The average molecular weight is 451 g/mol. The summed E-state index contributed by atoms with van der Waals surface area (Å²) in [4.78, 5) is 30.3. The van der Waals surface area contributed by atoms with Gasteiger partial charge >= 0.3 is 5.97 Å². The molecular weight excluding hydrogens is 426 g/mol. The van der Waals surface area contributed by atoms with Gasteiger partial charge in [0.05, 0.1) is 29.6 Å². The summed E-state index contributed by atoms with van der Waals surface area (Å²) in [5, 5.41) is 26.1. The number of rotatable bonds is 4. The fourth-order valence-electron chi connectivity index (χ4n) is 5.28. The first-order valence-electron chi connectivity index (χ1n) is 11.0. The molecule has 1 fully saturated rings. The second-order valence-corrected chi connectivity index (χ2v) is 8.35.